The van der Waals surface area contributed by atoms with Crippen molar-refractivity contribution in [2.75, 3.05) is 37.1 Å². The van der Waals surface area contributed by atoms with Crippen molar-refractivity contribution in [2.24, 2.45) is 0 Å². The number of ether oxygens (including phenoxy) is 6. The maximum absolute atomic E-state index is 12.6. The first kappa shape index (κ1) is 35.6. The molecule has 2 N–H and O–H groups in total. The molecule has 0 heterocycles. The van der Waals surface area contributed by atoms with Gasteiger partial charge >= 0.3 is 36.1 Å². The summed E-state index contributed by atoms with van der Waals surface area (Å²) >= 11 is 0. The lowest BCUT2D eigenvalue weighted by molar-refractivity contribution is -0.148. The largest absolute Gasteiger partial charge is 0.458 e. The number of hydrogen-bond acceptors (Lipinski definition) is 12. The lowest BCUT2D eigenvalue weighted by atomic mass is 10.2. The quantitative estimate of drug-likeness (QED) is 0.160. The molecule has 2 amide bonds. The number of benzene rings is 1. The third-order valence-corrected chi connectivity index (χ3v) is 4.92. The number of nitrogens with one attached hydrogen (secondary N) is 2. The van der Waals surface area contributed by atoms with Crippen LogP contribution in [-0.4, -0.2) is 74.7 Å². The second-order valence-electron chi connectivity index (χ2n) is 8.76. The average molecular weight is 603 g/mol. The average Bonchev–Trinajstić information content (AvgIpc) is 2.96. The Morgan fingerprint density at radius 3 is 1.56 bits per heavy atom. The highest BCUT2D eigenvalue weighted by atomic mass is 16.6. The van der Waals surface area contributed by atoms with Gasteiger partial charge in [0.2, 0.25) is 0 Å². The maximum Gasteiger partial charge on any atom is 0.412 e. The molecule has 2 unspecified atom stereocenters. The van der Waals surface area contributed by atoms with E-state index in [2.05, 4.69) is 36.9 Å². The first-order chi connectivity index (χ1) is 20.2. The zero-order valence-corrected chi connectivity index (χ0v) is 24.1. The number of carbonyl (C=O) groups excluding carboxylic acids is 6. The molecule has 0 spiro atoms. The minimum atomic E-state index is -1.17. The molecule has 43 heavy (non-hydrogen) atoms. The molecular formula is C29H34N2O12. The number of hydrogen-bond donors (Lipinski definition) is 2. The third kappa shape index (κ3) is 14.2. The zero-order valence-electron chi connectivity index (χ0n) is 24.1. The Hall–Kier alpha value is -5.40. The molecule has 0 aliphatic heterocycles. The van der Waals surface area contributed by atoms with Crippen molar-refractivity contribution in [3.63, 3.8) is 0 Å². The molecule has 0 radical (unpaired) electrons. The smallest absolute Gasteiger partial charge is 0.412 e. The normalized spacial score (nSPS) is 11.3. The zero-order chi connectivity index (χ0) is 32.5. The van der Waals surface area contributed by atoms with Crippen LogP contribution in [0.4, 0.5) is 21.0 Å². The highest BCUT2D eigenvalue weighted by Gasteiger charge is 2.22. The lowest BCUT2D eigenvalue weighted by Gasteiger charge is -2.19. The number of carbonyl (C=O) groups is 6. The fourth-order valence-electron chi connectivity index (χ4n) is 2.71. The van der Waals surface area contributed by atoms with Crippen LogP contribution in [0.15, 0.2) is 67.8 Å². The summed E-state index contributed by atoms with van der Waals surface area (Å²) in [7, 11) is 0. The van der Waals surface area contributed by atoms with E-state index in [0.29, 0.717) is 5.56 Å². The minimum Gasteiger partial charge on any atom is -0.458 e. The van der Waals surface area contributed by atoms with Crippen LogP contribution in [0.25, 0.3) is 0 Å². The Labute approximate surface area is 248 Å². The van der Waals surface area contributed by atoms with Crippen LogP contribution in [0.5, 0.6) is 0 Å². The molecule has 0 saturated heterocycles. The van der Waals surface area contributed by atoms with Crippen molar-refractivity contribution in [3.8, 4) is 0 Å². The van der Waals surface area contributed by atoms with E-state index in [9.17, 15) is 28.8 Å². The molecule has 232 valence electrons. The third-order valence-electron chi connectivity index (χ3n) is 4.92. The Bertz CT molecular complexity index is 1270. The molecule has 14 heteroatoms. The van der Waals surface area contributed by atoms with Crippen LogP contribution in [-0.2, 0) is 47.6 Å². The highest BCUT2D eigenvalue weighted by molar-refractivity contribution is 5.90. The van der Waals surface area contributed by atoms with Crippen molar-refractivity contribution >= 4 is 47.4 Å². The van der Waals surface area contributed by atoms with Crippen molar-refractivity contribution in [1.82, 2.24) is 0 Å². The van der Waals surface area contributed by atoms with E-state index in [1.165, 1.54) is 26.0 Å². The van der Waals surface area contributed by atoms with Gasteiger partial charge in [-0.1, -0.05) is 32.4 Å². The molecule has 0 bridgehead atoms. The summed E-state index contributed by atoms with van der Waals surface area (Å²) in [5.41, 5.74) is 1.19. The van der Waals surface area contributed by atoms with Gasteiger partial charge in [-0.25, -0.2) is 28.8 Å². The van der Waals surface area contributed by atoms with Crippen LogP contribution in [0.1, 0.15) is 19.4 Å². The molecule has 1 rings (SSSR count). The van der Waals surface area contributed by atoms with Crippen LogP contribution < -0.4 is 10.6 Å². The van der Waals surface area contributed by atoms with E-state index >= 15 is 0 Å². The Kier molecular flexibility index (Phi) is 15.0. The van der Waals surface area contributed by atoms with Gasteiger partial charge in [0.1, 0.15) is 26.4 Å². The summed E-state index contributed by atoms with van der Waals surface area (Å²) in [6, 6.07) is 4.47. The van der Waals surface area contributed by atoms with Gasteiger partial charge in [0.05, 0.1) is 0 Å². The van der Waals surface area contributed by atoms with Crippen LogP contribution in [0.2, 0.25) is 0 Å². The van der Waals surface area contributed by atoms with Crippen LogP contribution >= 0.6 is 0 Å². The van der Waals surface area contributed by atoms with Crippen LogP contribution in [0, 0.1) is 6.92 Å². The summed E-state index contributed by atoms with van der Waals surface area (Å²) in [4.78, 5) is 71.5. The topological polar surface area (TPSA) is 182 Å². The van der Waals surface area contributed by atoms with Crippen molar-refractivity contribution in [3.05, 3.63) is 73.4 Å². The Balaban J connectivity index is 2.91. The Morgan fingerprint density at radius 1 is 0.721 bits per heavy atom. The standard InChI is InChI=1S/C29H34N2O12/c1-8-24(32)38-13-21(15-40-26(34)17(3)4)42-28(36)30-20-11-10-19(7)23(12-20)31-29(37)43-22(14-39-25(33)9-2)16-41-27(35)18(5)6/h8-12,21-22H,1-3,5,13-16H2,4,6-7H3,(H,30,36)(H,31,37). The lowest BCUT2D eigenvalue weighted by Crippen LogP contribution is -2.32. The summed E-state index contributed by atoms with van der Waals surface area (Å²) in [5.74, 6) is -3.03. The highest BCUT2D eigenvalue weighted by Crippen LogP contribution is 2.21. The van der Waals surface area contributed by atoms with E-state index in [4.69, 9.17) is 28.4 Å². The molecule has 0 aromatic heterocycles. The second kappa shape index (κ2) is 18.1. The number of anilines is 2. The van der Waals surface area contributed by atoms with E-state index in [-0.39, 0.29) is 22.5 Å². The molecule has 0 aliphatic carbocycles. The fraction of sp³-hybridized carbons (Fsp3) is 0.310. The molecule has 0 fully saturated rings. The first-order valence-corrected chi connectivity index (χ1v) is 12.5. The van der Waals surface area contributed by atoms with Gasteiger partial charge in [-0.3, -0.25) is 10.6 Å². The van der Waals surface area contributed by atoms with Gasteiger partial charge in [0, 0.05) is 34.7 Å². The number of esters is 4. The van der Waals surface area contributed by atoms with Gasteiger partial charge in [-0.2, -0.15) is 0 Å². The monoisotopic (exact) mass is 602 g/mol. The number of aryl methyl sites for hydroxylation is 1. The Morgan fingerprint density at radius 2 is 1.14 bits per heavy atom. The van der Waals surface area contributed by atoms with Gasteiger partial charge in [0.15, 0.2) is 12.2 Å². The number of rotatable bonds is 16. The van der Waals surface area contributed by atoms with E-state index in [1.54, 1.807) is 13.0 Å². The van der Waals surface area contributed by atoms with Crippen molar-refractivity contribution in [2.45, 2.75) is 33.0 Å². The van der Waals surface area contributed by atoms with Crippen molar-refractivity contribution in [1.29, 1.82) is 0 Å². The van der Waals surface area contributed by atoms with E-state index in [1.807, 2.05) is 0 Å². The van der Waals surface area contributed by atoms with Gasteiger partial charge in [-0.15, -0.1) is 0 Å². The first-order valence-electron chi connectivity index (χ1n) is 12.5. The van der Waals surface area contributed by atoms with Crippen LogP contribution in [0.3, 0.4) is 0 Å². The summed E-state index contributed by atoms with van der Waals surface area (Å²) < 4.78 is 30.2. The molecule has 14 nitrogen and oxygen atoms in total. The predicted molar refractivity (Wildman–Crippen MR) is 153 cm³/mol. The SMILES string of the molecule is C=CC(=O)OCC(COC(=O)C(=C)C)OC(=O)Nc1ccc(C)c(NC(=O)OC(COC(=O)C=C)COC(=O)C(=C)C)c1. The molecule has 0 saturated carbocycles. The second-order valence-corrected chi connectivity index (χ2v) is 8.76. The molecule has 1 aromatic carbocycles. The maximum atomic E-state index is 12.6. The minimum absolute atomic E-state index is 0.112. The fourth-order valence-corrected chi connectivity index (χ4v) is 2.71. The molecule has 2 atom stereocenters. The van der Waals surface area contributed by atoms with E-state index in [0.717, 1.165) is 12.2 Å². The summed E-state index contributed by atoms with van der Waals surface area (Å²) in [6.45, 7) is 16.2. The summed E-state index contributed by atoms with van der Waals surface area (Å²) in [5, 5.41) is 4.93. The van der Waals surface area contributed by atoms with Gasteiger partial charge in [0.25, 0.3) is 0 Å². The predicted octanol–water partition coefficient (Wildman–Crippen LogP) is 3.53. The molecular weight excluding hydrogens is 568 g/mol. The van der Waals surface area contributed by atoms with Crippen molar-refractivity contribution < 1.29 is 57.2 Å². The number of amides is 2. The van der Waals surface area contributed by atoms with E-state index < -0.39 is 74.7 Å². The molecule has 0 aliphatic rings. The van der Waals surface area contributed by atoms with Gasteiger partial charge in [-0.05, 0) is 38.5 Å². The molecule has 1 aromatic rings. The van der Waals surface area contributed by atoms with Gasteiger partial charge < -0.3 is 28.4 Å². The summed E-state index contributed by atoms with van der Waals surface area (Å²) in [6.07, 6.45) is -2.50.